The zero-order valence-corrected chi connectivity index (χ0v) is 10.6. The molecule has 0 atom stereocenters. The van der Waals surface area contributed by atoms with Gasteiger partial charge in [0.05, 0.1) is 6.54 Å². The number of nitrogens with one attached hydrogen (secondary N) is 1. The van der Waals surface area contributed by atoms with Crippen LogP contribution in [0.15, 0.2) is 24.3 Å². The zero-order valence-electron chi connectivity index (χ0n) is 10.6. The van der Waals surface area contributed by atoms with Crippen LogP contribution in [0.2, 0.25) is 0 Å². The van der Waals surface area contributed by atoms with Gasteiger partial charge in [-0.2, -0.15) is 0 Å². The Morgan fingerprint density at radius 3 is 2.47 bits per heavy atom. The van der Waals surface area contributed by atoms with Crippen molar-refractivity contribution in [2.75, 3.05) is 18.5 Å². The van der Waals surface area contributed by atoms with E-state index >= 15 is 0 Å². The first kappa shape index (κ1) is 13.9. The summed E-state index contributed by atoms with van der Waals surface area (Å²) in [6.45, 7) is 4.58. The highest BCUT2D eigenvalue weighted by Gasteiger charge is 2.11. The molecule has 0 aliphatic heterocycles. The van der Waals surface area contributed by atoms with Crippen LogP contribution in [0.1, 0.15) is 19.4 Å². The Balaban J connectivity index is 2.76. The van der Waals surface area contributed by atoms with Crippen LogP contribution in [0.25, 0.3) is 0 Å². The molecule has 17 heavy (non-hydrogen) atoms. The number of rotatable bonds is 6. The van der Waals surface area contributed by atoms with Crippen molar-refractivity contribution in [1.29, 1.82) is 0 Å². The highest BCUT2D eigenvalue weighted by molar-refractivity contribution is 5.53. The van der Waals surface area contributed by atoms with E-state index in [0.29, 0.717) is 12.6 Å². The molecule has 0 saturated carbocycles. The summed E-state index contributed by atoms with van der Waals surface area (Å²) in [4.78, 5) is 1.60. The Morgan fingerprint density at radius 1 is 1.24 bits per heavy atom. The van der Waals surface area contributed by atoms with E-state index in [1.165, 1.54) is 0 Å². The summed E-state index contributed by atoms with van der Waals surface area (Å²) in [6.07, 6.45) is -2.31. The maximum Gasteiger partial charge on any atom is 0.255 e. The van der Waals surface area contributed by atoms with Gasteiger partial charge in [-0.05, 0) is 11.6 Å². The number of alkyl halides is 2. The summed E-state index contributed by atoms with van der Waals surface area (Å²) in [7, 11) is 1.69. The average molecular weight is 242 g/mol. The molecule has 0 heterocycles. The van der Waals surface area contributed by atoms with Crippen LogP contribution in [0.5, 0.6) is 0 Å². The van der Waals surface area contributed by atoms with Crippen molar-refractivity contribution in [2.45, 2.75) is 32.9 Å². The lowest BCUT2D eigenvalue weighted by Crippen LogP contribution is -2.27. The maximum atomic E-state index is 12.4. The first-order valence-electron chi connectivity index (χ1n) is 5.81. The Hall–Kier alpha value is -1.16. The van der Waals surface area contributed by atoms with Crippen molar-refractivity contribution in [2.24, 2.45) is 0 Å². The van der Waals surface area contributed by atoms with Crippen LogP contribution in [0.4, 0.5) is 14.5 Å². The van der Waals surface area contributed by atoms with E-state index in [0.717, 1.165) is 11.3 Å². The monoisotopic (exact) mass is 242 g/mol. The third kappa shape index (κ3) is 4.69. The van der Waals surface area contributed by atoms with Gasteiger partial charge < -0.3 is 10.2 Å². The molecule has 0 unspecified atom stereocenters. The minimum Gasteiger partial charge on any atom is -0.369 e. The van der Waals surface area contributed by atoms with Gasteiger partial charge in [0, 0.05) is 25.3 Å². The summed E-state index contributed by atoms with van der Waals surface area (Å²) in [5, 5.41) is 3.30. The van der Waals surface area contributed by atoms with Crippen LogP contribution in [0.3, 0.4) is 0 Å². The molecule has 4 heteroatoms. The largest absolute Gasteiger partial charge is 0.369 e. The number of hydrogen-bond donors (Lipinski definition) is 1. The number of hydrogen-bond acceptors (Lipinski definition) is 2. The summed E-state index contributed by atoms with van der Waals surface area (Å²) in [6, 6.07) is 8.02. The Morgan fingerprint density at radius 2 is 1.88 bits per heavy atom. The van der Waals surface area contributed by atoms with E-state index in [9.17, 15) is 8.78 Å². The molecule has 1 N–H and O–H groups in total. The van der Waals surface area contributed by atoms with Crippen molar-refractivity contribution in [3.8, 4) is 0 Å². The number of halogens is 2. The topological polar surface area (TPSA) is 15.3 Å². The molecule has 2 nitrogen and oxygen atoms in total. The Kier molecular flexibility index (Phi) is 5.35. The maximum absolute atomic E-state index is 12.4. The van der Waals surface area contributed by atoms with Gasteiger partial charge in [-0.3, -0.25) is 0 Å². The summed E-state index contributed by atoms with van der Waals surface area (Å²) >= 11 is 0. The van der Waals surface area contributed by atoms with Crippen molar-refractivity contribution in [3.05, 3.63) is 29.8 Å². The molecule has 96 valence electrons. The molecule has 0 aliphatic carbocycles. The highest BCUT2D eigenvalue weighted by Crippen LogP contribution is 2.19. The van der Waals surface area contributed by atoms with Gasteiger partial charge >= 0.3 is 0 Å². The zero-order chi connectivity index (χ0) is 12.8. The van der Waals surface area contributed by atoms with E-state index in [1.54, 1.807) is 11.9 Å². The van der Waals surface area contributed by atoms with E-state index in [-0.39, 0.29) is 6.54 Å². The fraction of sp³-hybridized carbons (Fsp3) is 0.538. The lowest BCUT2D eigenvalue weighted by molar-refractivity contribution is 0.156. The fourth-order valence-electron chi connectivity index (χ4n) is 1.65. The minimum absolute atomic E-state index is 0.237. The van der Waals surface area contributed by atoms with Gasteiger partial charge in [0.15, 0.2) is 0 Å². The summed E-state index contributed by atoms with van der Waals surface area (Å²) < 4.78 is 24.7. The normalized spacial score (nSPS) is 11.2. The SMILES string of the molecule is CC(C)NCc1ccccc1N(C)CC(F)F. The number of benzene rings is 1. The van der Waals surface area contributed by atoms with Gasteiger partial charge in [0.1, 0.15) is 0 Å². The number of anilines is 1. The van der Waals surface area contributed by atoms with E-state index in [2.05, 4.69) is 19.2 Å². The quantitative estimate of drug-likeness (QED) is 0.825. The molecule has 0 amide bonds. The summed E-state index contributed by atoms with van der Waals surface area (Å²) in [5.41, 5.74) is 1.91. The molecule has 0 saturated heterocycles. The molecular formula is C13H20F2N2. The van der Waals surface area contributed by atoms with E-state index in [4.69, 9.17) is 0 Å². The Bertz CT molecular complexity index is 340. The third-order valence-electron chi connectivity index (χ3n) is 2.52. The molecule has 0 bridgehead atoms. The van der Waals surface area contributed by atoms with Crippen molar-refractivity contribution in [1.82, 2.24) is 5.32 Å². The molecule has 0 spiro atoms. The standard InChI is InChI=1S/C13H20F2N2/c1-10(2)16-8-11-6-4-5-7-12(11)17(3)9-13(14)15/h4-7,10,13,16H,8-9H2,1-3H3. The molecule has 0 aromatic heterocycles. The molecule has 1 aromatic carbocycles. The smallest absolute Gasteiger partial charge is 0.255 e. The van der Waals surface area contributed by atoms with Crippen molar-refractivity contribution in [3.63, 3.8) is 0 Å². The molecule has 0 radical (unpaired) electrons. The molecule has 0 aliphatic rings. The number of para-hydroxylation sites is 1. The van der Waals surface area contributed by atoms with Gasteiger partial charge in [-0.15, -0.1) is 0 Å². The second kappa shape index (κ2) is 6.55. The number of nitrogens with zero attached hydrogens (tertiary/aromatic N) is 1. The average Bonchev–Trinajstić information content (AvgIpc) is 2.25. The third-order valence-corrected chi connectivity index (χ3v) is 2.52. The fourth-order valence-corrected chi connectivity index (χ4v) is 1.65. The lowest BCUT2D eigenvalue weighted by atomic mass is 10.1. The molecule has 1 rings (SSSR count). The first-order valence-corrected chi connectivity index (χ1v) is 5.81. The van der Waals surface area contributed by atoms with Gasteiger partial charge in [-0.1, -0.05) is 32.0 Å². The van der Waals surface area contributed by atoms with Crippen LogP contribution >= 0.6 is 0 Å². The summed E-state index contributed by atoms with van der Waals surface area (Å²) in [5.74, 6) is 0. The lowest BCUT2D eigenvalue weighted by Gasteiger charge is -2.22. The second-order valence-corrected chi connectivity index (χ2v) is 4.44. The van der Waals surface area contributed by atoms with Crippen LogP contribution in [-0.4, -0.2) is 26.1 Å². The van der Waals surface area contributed by atoms with Gasteiger partial charge in [0.2, 0.25) is 0 Å². The second-order valence-electron chi connectivity index (χ2n) is 4.44. The first-order chi connectivity index (χ1) is 8.00. The van der Waals surface area contributed by atoms with Crippen LogP contribution < -0.4 is 10.2 Å². The van der Waals surface area contributed by atoms with Crippen LogP contribution in [0, 0.1) is 0 Å². The minimum atomic E-state index is -2.31. The van der Waals surface area contributed by atoms with E-state index in [1.807, 2.05) is 24.3 Å². The molecule has 1 aromatic rings. The molecular weight excluding hydrogens is 222 g/mol. The van der Waals surface area contributed by atoms with Crippen molar-refractivity contribution < 1.29 is 8.78 Å². The Labute approximate surface area is 102 Å². The predicted molar refractivity (Wildman–Crippen MR) is 67.7 cm³/mol. The van der Waals surface area contributed by atoms with Gasteiger partial charge in [0.25, 0.3) is 6.43 Å². The van der Waals surface area contributed by atoms with E-state index < -0.39 is 6.43 Å². The highest BCUT2D eigenvalue weighted by atomic mass is 19.3. The van der Waals surface area contributed by atoms with Crippen LogP contribution in [-0.2, 0) is 6.54 Å². The predicted octanol–water partition coefficient (Wildman–Crippen LogP) is 2.89. The van der Waals surface area contributed by atoms with Crippen molar-refractivity contribution >= 4 is 5.69 Å². The van der Waals surface area contributed by atoms with Gasteiger partial charge in [-0.25, -0.2) is 8.78 Å². The molecule has 0 fully saturated rings.